The van der Waals surface area contributed by atoms with Gasteiger partial charge in [0.15, 0.2) is 0 Å². The van der Waals surface area contributed by atoms with Crippen LogP contribution >= 0.6 is 0 Å². The first kappa shape index (κ1) is 49.4. The number of aryl methyl sites for hydroxylation is 2. The van der Waals surface area contributed by atoms with E-state index in [1.165, 1.54) is 42.1 Å². The Kier molecular flexibility index (Phi) is 13.1. The van der Waals surface area contributed by atoms with Crippen LogP contribution in [0.15, 0.2) is 72.3 Å². The monoisotopic (exact) mass is 1020 g/mol. The molecule has 4 aliphatic carbocycles. The number of methoxy groups -OCH3 is 4. The van der Waals surface area contributed by atoms with Crippen LogP contribution in [0.1, 0.15) is 118 Å². The lowest BCUT2D eigenvalue weighted by Crippen LogP contribution is -2.66. The molecule has 16 nitrogen and oxygen atoms in total. The van der Waals surface area contributed by atoms with Gasteiger partial charge in [-0.2, -0.15) is 0 Å². The van der Waals surface area contributed by atoms with Crippen LogP contribution in [0.3, 0.4) is 0 Å². The molecule has 16 heteroatoms. The van der Waals surface area contributed by atoms with Crippen LogP contribution in [0.2, 0.25) is 0 Å². The van der Waals surface area contributed by atoms with Gasteiger partial charge in [-0.1, -0.05) is 62.2 Å². The number of nitrogens with one attached hydrogen (secondary N) is 4. The van der Waals surface area contributed by atoms with E-state index in [1.807, 2.05) is 9.80 Å². The number of fused-ring (bicyclic) bond motifs is 10. The van der Waals surface area contributed by atoms with Gasteiger partial charge in [-0.25, -0.2) is 19.6 Å². The molecule has 2 saturated carbocycles. The number of benzene rings is 3. The Bertz CT molecular complexity index is 3120. The molecule has 0 radical (unpaired) electrons. The van der Waals surface area contributed by atoms with Gasteiger partial charge in [0.05, 0.1) is 60.6 Å². The first-order valence-corrected chi connectivity index (χ1v) is 27.3. The van der Waals surface area contributed by atoms with Crippen molar-refractivity contribution in [1.29, 1.82) is 0 Å². The predicted molar refractivity (Wildman–Crippen MR) is 283 cm³/mol. The van der Waals surface area contributed by atoms with E-state index in [1.54, 1.807) is 14.2 Å². The number of H-pyrrole nitrogens is 2. The largest absolute Gasteiger partial charge is 0.453 e. The number of amides is 4. The fourth-order valence-electron chi connectivity index (χ4n) is 15.1. The third-order valence-electron chi connectivity index (χ3n) is 18.6. The maximum Gasteiger partial charge on any atom is 0.407 e. The summed E-state index contributed by atoms with van der Waals surface area (Å²) in [6, 6.07) is 17.9. The highest BCUT2D eigenvalue weighted by atomic mass is 16.5. The lowest BCUT2D eigenvalue weighted by molar-refractivity contribution is -0.157. The molecule has 4 amide bonds. The molecule has 13 rings (SSSR count). The number of hydrogen-bond acceptors (Lipinski definition) is 10. The van der Waals surface area contributed by atoms with Gasteiger partial charge in [-0.15, -0.1) is 0 Å². The van der Waals surface area contributed by atoms with Crippen molar-refractivity contribution in [3.63, 3.8) is 0 Å². The number of imidazole rings is 2. The average molecular weight is 1020 g/mol. The maximum atomic E-state index is 14.4. The van der Waals surface area contributed by atoms with Gasteiger partial charge in [0, 0.05) is 38.1 Å². The molecule has 2 bridgehead atoms. The molecule has 394 valence electrons. The zero-order valence-corrected chi connectivity index (χ0v) is 43.9. The smallest absolute Gasteiger partial charge is 0.407 e. The first-order valence-electron chi connectivity index (χ1n) is 27.3. The number of aromatic amines is 2. The molecule has 13 atom stereocenters. The van der Waals surface area contributed by atoms with Gasteiger partial charge in [-0.05, 0) is 152 Å². The second-order valence-electron chi connectivity index (χ2n) is 22.5. The number of carbonyl (C=O) groups is 4. The number of hydrogen-bond donors (Lipinski definition) is 4. The molecular formula is C59H70N8O8. The van der Waals surface area contributed by atoms with Crippen LogP contribution in [-0.2, 0) is 41.4 Å². The molecule has 6 fully saturated rings. The maximum absolute atomic E-state index is 14.4. The van der Waals surface area contributed by atoms with Crippen molar-refractivity contribution >= 4 is 51.6 Å². The van der Waals surface area contributed by atoms with Crippen LogP contribution in [0, 0.1) is 29.6 Å². The van der Waals surface area contributed by atoms with Crippen LogP contribution in [0.5, 0.6) is 0 Å². The van der Waals surface area contributed by atoms with Crippen LogP contribution in [-0.4, -0.2) is 119 Å². The normalized spacial score (nSPS) is 32.4. The Morgan fingerprint density at radius 2 is 1.24 bits per heavy atom. The molecule has 2 unspecified atom stereocenters. The minimum atomic E-state index is -0.833. The van der Waals surface area contributed by atoms with Gasteiger partial charge in [0.1, 0.15) is 23.7 Å². The second kappa shape index (κ2) is 19.9. The zero-order valence-electron chi connectivity index (χ0n) is 43.9. The lowest BCUT2D eigenvalue weighted by Gasteiger charge is -2.49. The number of carbonyl (C=O) groups excluding carboxylic acids is 4. The highest BCUT2D eigenvalue weighted by Crippen LogP contribution is 2.54. The van der Waals surface area contributed by atoms with Crippen molar-refractivity contribution in [1.82, 2.24) is 40.4 Å². The molecule has 0 spiro atoms. The second-order valence-corrected chi connectivity index (χ2v) is 22.5. The summed E-state index contributed by atoms with van der Waals surface area (Å²) in [5.74, 6) is 2.50. The summed E-state index contributed by atoms with van der Waals surface area (Å²) in [6.45, 7) is 4.52. The van der Waals surface area contributed by atoms with Crippen molar-refractivity contribution in [3.05, 3.63) is 101 Å². The summed E-state index contributed by atoms with van der Waals surface area (Å²) in [7, 11) is 5.89. The average Bonchev–Trinajstić information content (AvgIpc) is 4.25. The first-order chi connectivity index (χ1) is 36.4. The Morgan fingerprint density at radius 1 is 0.667 bits per heavy atom. The van der Waals surface area contributed by atoms with Crippen LogP contribution in [0.25, 0.3) is 38.8 Å². The minimum Gasteiger partial charge on any atom is -0.453 e. The molecule has 5 aromatic rings. The number of aromatic nitrogens is 4. The number of nitrogens with zero attached hydrogens (tertiary/aromatic N) is 4. The van der Waals surface area contributed by atoms with Crippen molar-refractivity contribution in [2.75, 3.05) is 28.4 Å². The Labute approximate surface area is 437 Å². The van der Waals surface area contributed by atoms with E-state index in [-0.39, 0.29) is 47.8 Å². The number of rotatable bonds is 8. The van der Waals surface area contributed by atoms with E-state index in [0.717, 1.165) is 122 Å². The van der Waals surface area contributed by atoms with Gasteiger partial charge >= 0.3 is 12.2 Å². The van der Waals surface area contributed by atoms with Gasteiger partial charge in [0.25, 0.3) is 0 Å². The molecule has 4 aliphatic heterocycles. The SMILES string of the molecule is COC(=O)N[C@@H]1C(=O)N2[C@H](c3nc4ccc(/C(C)=C5/C=C\[C@H](C)CCc6ccc(cc6-c6ccc7nc([C@@H]8C[C@@H]9CCCC%10[C@@H](OC)[C@H](NC(=O)OC)C(=O)N8[C@@H]%109)[nH]c7c6)CC5)cc4[nH]3)C[C@@H]3CCCC([C@H]1OC)[C@@H]32. The third-order valence-corrected chi connectivity index (χ3v) is 18.6. The number of ether oxygens (including phenoxy) is 4. The van der Waals surface area contributed by atoms with Gasteiger partial charge in [-0.3, -0.25) is 9.59 Å². The van der Waals surface area contributed by atoms with Gasteiger partial charge < -0.3 is 49.3 Å². The predicted octanol–water partition coefficient (Wildman–Crippen LogP) is 9.27. The molecule has 4 N–H and O–H groups in total. The third kappa shape index (κ3) is 8.59. The molecule has 8 aliphatic rings. The van der Waals surface area contributed by atoms with Gasteiger partial charge in [0.2, 0.25) is 11.8 Å². The van der Waals surface area contributed by atoms with Crippen molar-refractivity contribution < 1.29 is 38.1 Å². The van der Waals surface area contributed by atoms with E-state index in [0.29, 0.717) is 17.8 Å². The molecule has 3 aromatic carbocycles. The Hall–Kier alpha value is -6.52. The number of allylic oxidation sites excluding steroid dienone is 4. The molecule has 2 aromatic heterocycles. The van der Waals surface area contributed by atoms with E-state index in [2.05, 4.69) is 101 Å². The summed E-state index contributed by atoms with van der Waals surface area (Å²) in [4.78, 5) is 75.4. The summed E-state index contributed by atoms with van der Waals surface area (Å²) in [5.41, 5.74) is 12.2. The lowest BCUT2D eigenvalue weighted by atomic mass is 9.71. The highest BCUT2D eigenvalue weighted by molar-refractivity contribution is 5.90. The Morgan fingerprint density at radius 3 is 1.81 bits per heavy atom. The Balaban J connectivity index is 0.803. The summed E-state index contributed by atoms with van der Waals surface area (Å²) in [6.07, 6.45) is 13.9. The highest BCUT2D eigenvalue weighted by Gasteiger charge is 2.60. The fourth-order valence-corrected chi connectivity index (χ4v) is 15.1. The summed E-state index contributed by atoms with van der Waals surface area (Å²) in [5, 5.41) is 5.62. The summed E-state index contributed by atoms with van der Waals surface area (Å²) < 4.78 is 21.8. The van der Waals surface area contributed by atoms with E-state index in [4.69, 9.17) is 28.9 Å². The topological polar surface area (TPSA) is 193 Å². The minimum absolute atomic E-state index is 0.0292. The van der Waals surface area contributed by atoms with E-state index < -0.39 is 36.5 Å². The molecule has 4 saturated heterocycles. The van der Waals surface area contributed by atoms with Crippen LogP contribution in [0.4, 0.5) is 9.59 Å². The molecule has 75 heavy (non-hydrogen) atoms. The van der Waals surface area contributed by atoms with Crippen molar-refractivity contribution in [3.8, 4) is 11.1 Å². The zero-order chi connectivity index (χ0) is 51.8. The molecular weight excluding hydrogens is 949 g/mol. The standard InChI is InChI=1S/C59H70N8O8/c1-30-13-17-33(31(2)35-21-23-42-44(26-35)62-54(60-42)46-28-37-9-7-11-39-50(37)66(46)56(68)48(52(39)72-3)64-58(70)74-5)19-15-32-16-20-34(18-14-30)41(25-32)36-22-24-43-45(27-36)63-55(61-43)47-29-38-10-8-12-40-51(38)67(47)57(69)49(53(40)73-4)65-59(71)75-6/h13,16-17,20-27,30,37-40,46-53H,7-12,14-15,18-19,28-29H2,1-6H3,(H,60,62)(H,61,63)(H,64,70)(H,65,71)/b17-13-,33-31-/t30-,37-,38-,39?,40?,46-,47-,48-,49-,50+,51+,52+,53+/m0/s1. The number of alkyl carbamates (subject to hydrolysis) is 2. The molecule has 6 heterocycles. The van der Waals surface area contributed by atoms with Crippen molar-refractivity contribution in [2.24, 2.45) is 29.6 Å². The summed E-state index contributed by atoms with van der Waals surface area (Å²) >= 11 is 0. The fraction of sp³-hybridized carbons (Fsp3) is 0.525. The van der Waals surface area contributed by atoms with E-state index >= 15 is 0 Å². The van der Waals surface area contributed by atoms with Crippen molar-refractivity contribution in [2.45, 2.75) is 139 Å². The quantitative estimate of drug-likeness (QED) is 0.116. The number of piperidine rings is 2. The van der Waals surface area contributed by atoms with Crippen LogP contribution < -0.4 is 10.6 Å². The van der Waals surface area contributed by atoms with E-state index in [9.17, 15) is 19.2 Å².